The number of nitrogens with one attached hydrogen (secondary N) is 1. The van der Waals surface area contributed by atoms with Gasteiger partial charge in [-0.2, -0.15) is 0 Å². The molecular formula is C14H15F2NO5. The summed E-state index contributed by atoms with van der Waals surface area (Å²) in [6.07, 6.45) is -2.02. The molecule has 0 fully saturated rings. The maximum absolute atomic E-state index is 13.4. The first-order chi connectivity index (χ1) is 10.3. The summed E-state index contributed by atoms with van der Waals surface area (Å²) in [4.78, 5) is 34.0. The van der Waals surface area contributed by atoms with E-state index < -0.39 is 41.1 Å². The van der Waals surface area contributed by atoms with Crippen LogP contribution in [0.3, 0.4) is 0 Å². The van der Waals surface area contributed by atoms with Gasteiger partial charge in [0.1, 0.15) is 17.7 Å². The van der Waals surface area contributed by atoms with Gasteiger partial charge in [-0.05, 0) is 31.5 Å². The van der Waals surface area contributed by atoms with Gasteiger partial charge in [0, 0.05) is 6.42 Å². The molecule has 0 saturated heterocycles. The van der Waals surface area contributed by atoms with Gasteiger partial charge in [-0.15, -0.1) is 0 Å². The van der Waals surface area contributed by atoms with E-state index >= 15 is 0 Å². The number of esters is 1. The van der Waals surface area contributed by atoms with Crippen LogP contribution in [0.25, 0.3) is 0 Å². The molecule has 1 amide bonds. The minimum absolute atomic E-state index is 0.0447. The molecule has 22 heavy (non-hydrogen) atoms. The third kappa shape index (κ3) is 5.12. The van der Waals surface area contributed by atoms with Crippen LogP contribution in [0.1, 0.15) is 30.1 Å². The highest BCUT2D eigenvalue weighted by molar-refractivity contribution is 5.96. The van der Waals surface area contributed by atoms with Crippen molar-refractivity contribution in [3.63, 3.8) is 0 Å². The van der Waals surface area contributed by atoms with Crippen LogP contribution in [0.4, 0.5) is 13.6 Å². The predicted molar refractivity (Wildman–Crippen MR) is 71.5 cm³/mol. The largest absolute Gasteiger partial charge is 0.465 e. The summed E-state index contributed by atoms with van der Waals surface area (Å²) < 4.78 is 31.1. The monoisotopic (exact) mass is 315 g/mol. The molecule has 8 heteroatoms. The van der Waals surface area contributed by atoms with Gasteiger partial charge in [0.2, 0.25) is 0 Å². The van der Waals surface area contributed by atoms with Gasteiger partial charge in [0.15, 0.2) is 5.78 Å². The SMILES string of the molecule is CCOC(=O)C(CCC(=O)c1cc(F)ccc1F)NC(=O)O. The maximum atomic E-state index is 13.4. The minimum Gasteiger partial charge on any atom is -0.465 e. The zero-order chi connectivity index (χ0) is 16.7. The van der Waals surface area contributed by atoms with E-state index in [1.165, 1.54) is 0 Å². The zero-order valence-corrected chi connectivity index (χ0v) is 11.8. The smallest absolute Gasteiger partial charge is 0.405 e. The number of carbonyl (C=O) groups excluding carboxylic acids is 2. The Morgan fingerprint density at radius 1 is 1.32 bits per heavy atom. The highest BCUT2D eigenvalue weighted by Gasteiger charge is 2.23. The second-order valence-corrected chi connectivity index (χ2v) is 4.34. The lowest BCUT2D eigenvalue weighted by molar-refractivity contribution is -0.145. The third-order valence-corrected chi connectivity index (χ3v) is 2.76. The molecule has 0 bridgehead atoms. The Labute approximate surface area is 125 Å². The summed E-state index contributed by atoms with van der Waals surface area (Å²) in [5, 5.41) is 10.6. The van der Waals surface area contributed by atoms with Crippen LogP contribution >= 0.6 is 0 Å². The van der Waals surface area contributed by atoms with Crippen molar-refractivity contribution in [2.45, 2.75) is 25.8 Å². The number of halogens is 2. The molecule has 1 atom stereocenters. The Balaban J connectivity index is 2.74. The van der Waals surface area contributed by atoms with Crippen LogP contribution < -0.4 is 5.32 Å². The molecule has 0 aliphatic carbocycles. The number of benzene rings is 1. The first kappa shape index (κ1) is 17.5. The normalized spacial score (nSPS) is 11.6. The van der Waals surface area contributed by atoms with Crippen LogP contribution in [0.15, 0.2) is 18.2 Å². The summed E-state index contributed by atoms with van der Waals surface area (Å²) in [7, 11) is 0. The number of carboxylic acid groups (broad SMARTS) is 1. The topological polar surface area (TPSA) is 92.7 Å². The molecule has 0 aliphatic heterocycles. The lowest BCUT2D eigenvalue weighted by Gasteiger charge is -2.15. The van der Waals surface area contributed by atoms with Crippen molar-refractivity contribution in [3.05, 3.63) is 35.4 Å². The number of amides is 1. The Kier molecular flexibility index (Phi) is 6.43. The van der Waals surface area contributed by atoms with Crippen molar-refractivity contribution in [1.82, 2.24) is 5.32 Å². The number of hydrogen-bond acceptors (Lipinski definition) is 4. The minimum atomic E-state index is -1.46. The molecule has 0 heterocycles. The number of rotatable bonds is 7. The van der Waals surface area contributed by atoms with Gasteiger partial charge in [-0.3, -0.25) is 4.79 Å². The van der Waals surface area contributed by atoms with Crippen LogP contribution in [-0.4, -0.2) is 35.6 Å². The van der Waals surface area contributed by atoms with Crippen molar-refractivity contribution >= 4 is 17.8 Å². The van der Waals surface area contributed by atoms with Crippen molar-refractivity contribution in [3.8, 4) is 0 Å². The number of carbonyl (C=O) groups is 3. The molecule has 0 aromatic heterocycles. The fraction of sp³-hybridized carbons (Fsp3) is 0.357. The fourth-order valence-corrected chi connectivity index (χ4v) is 1.76. The molecule has 0 saturated carbocycles. The summed E-state index contributed by atoms with van der Waals surface area (Å²) >= 11 is 0. The molecule has 0 aliphatic rings. The fourth-order valence-electron chi connectivity index (χ4n) is 1.76. The number of ketones is 1. The molecule has 6 nitrogen and oxygen atoms in total. The standard InChI is InChI=1S/C14H15F2NO5/c1-2-22-13(19)11(17-14(20)21)5-6-12(18)9-7-8(15)3-4-10(9)16/h3-4,7,11,17H,2,5-6H2,1H3,(H,20,21). The van der Waals surface area contributed by atoms with E-state index in [2.05, 4.69) is 4.74 Å². The quantitative estimate of drug-likeness (QED) is 0.594. The van der Waals surface area contributed by atoms with Crippen LogP contribution in [-0.2, 0) is 9.53 Å². The lowest BCUT2D eigenvalue weighted by Crippen LogP contribution is -2.41. The number of Topliss-reactive ketones (excluding diaryl/α,β-unsaturated/α-hetero) is 1. The average molecular weight is 315 g/mol. The second kappa shape index (κ2) is 8.06. The third-order valence-electron chi connectivity index (χ3n) is 2.76. The van der Waals surface area contributed by atoms with Crippen LogP contribution in [0.2, 0.25) is 0 Å². The van der Waals surface area contributed by atoms with Gasteiger partial charge >= 0.3 is 12.1 Å². The van der Waals surface area contributed by atoms with Gasteiger partial charge in [-0.25, -0.2) is 18.4 Å². The number of hydrogen-bond donors (Lipinski definition) is 2. The van der Waals surface area contributed by atoms with Gasteiger partial charge in [0.05, 0.1) is 12.2 Å². The van der Waals surface area contributed by atoms with E-state index in [-0.39, 0.29) is 19.4 Å². The van der Waals surface area contributed by atoms with E-state index in [9.17, 15) is 23.2 Å². The van der Waals surface area contributed by atoms with Crippen molar-refractivity contribution in [2.24, 2.45) is 0 Å². The molecule has 1 aromatic carbocycles. The number of ether oxygens (including phenoxy) is 1. The second-order valence-electron chi connectivity index (χ2n) is 4.34. The Morgan fingerprint density at radius 3 is 2.59 bits per heavy atom. The molecule has 120 valence electrons. The Hall–Kier alpha value is -2.51. The van der Waals surface area contributed by atoms with E-state index in [4.69, 9.17) is 5.11 Å². The van der Waals surface area contributed by atoms with E-state index in [0.29, 0.717) is 0 Å². The molecule has 0 radical (unpaired) electrons. The molecule has 1 aromatic rings. The Bertz CT molecular complexity index is 576. The Morgan fingerprint density at radius 2 is 2.00 bits per heavy atom. The van der Waals surface area contributed by atoms with Crippen molar-refractivity contribution in [2.75, 3.05) is 6.61 Å². The summed E-state index contributed by atoms with van der Waals surface area (Å²) in [6.45, 7) is 1.59. The van der Waals surface area contributed by atoms with E-state index in [1.807, 2.05) is 5.32 Å². The van der Waals surface area contributed by atoms with Crippen molar-refractivity contribution < 1.29 is 33.0 Å². The predicted octanol–water partition coefficient (Wildman–Crippen LogP) is 2.13. The maximum Gasteiger partial charge on any atom is 0.405 e. The van der Waals surface area contributed by atoms with Gasteiger partial charge < -0.3 is 15.2 Å². The van der Waals surface area contributed by atoms with E-state index in [0.717, 1.165) is 18.2 Å². The zero-order valence-electron chi connectivity index (χ0n) is 11.8. The molecule has 2 N–H and O–H groups in total. The highest BCUT2D eigenvalue weighted by atomic mass is 19.1. The lowest BCUT2D eigenvalue weighted by atomic mass is 10.0. The average Bonchev–Trinajstić information content (AvgIpc) is 2.45. The van der Waals surface area contributed by atoms with Gasteiger partial charge in [-0.1, -0.05) is 0 Å². The van der Waals surface area contributed by atoms with Crippen LogP contribution in [0, 0.1) is 11.6 Å². The molecular weight excluding hydrogens is 300 g/mol. The van der Waals surface area contributed by atoms with Crippen molar-refractivity contribution in [1.29, 1.82) is 0 Å². The molecule has 1 unspecified atom stereocenters. The van der Waals surface area contributed by atoms with E-state index in [1.54, 1.807) is 6.92 Å². The first-order valence-corrected chi connectivity index (χ1v) is 6.49. The summed E-state index contributed by atoms with van der Waals surface area (Å²) in [5.41, 5.74) is -0.446. The highest BCUT2D eigenvalue weighted by Crippen LogP contribution is 2.14. The molecule has 1 rings (SSSR count). The van der Waals surface area contributed by atoms with Crippen LogP contribution in [0.5, 0.6) is 0 Å². The van der Waals surface area contributed by atoms with Gasteiger partial charge in [0.25, 0.3) is 0 Å². The summed E-state index contributed by atoms with van der Waals surface area (Å²) in [6, 6.07) is 1.19. The molecule has 0 spiro atoms. The summed E-state index contributed by atoms with van der Waals surface area (Å²) in [5.74, 6) is -3.23. The first-order valence-electron chi connectivity index (χ1n) is 6.49.